The highest BCUT2D eigenvalue weighted by Gasteiger charge is 2.67. The number of hydrogen-bond donors (Lipinski definition) is 0. The number of hydrogen-bond acceptors (Lipinski definition) is 5. The van der Waals surface area contributed by atoms with Crippen molar-refractivity contribution >= 4 is 34.8 Å². The fourth-order valence-electron chi connectivity index (χ4n) is 5.47. The molecule has 7 rings (SSSR count). The van der Waals surface area contributed by atoms with Gasteiger partial charge in [-0.3, -0.25) is 9.59 Å². The molecule has 4 aliphatic carbocycles. The standard InChI is InChI=1S/C22H17NO4S/c24-20-18-11-7-8-12(14-10-13(11)14)19(18)21(25)23(20)15-4-1-2-5-16(15)27-22(26)17-6-3-9-28-17/h1-9,11-14,18-19H,10H2/t11-,12-,13-,14-,18-,19+/m0/s1. The largest absolute Gasteiger partial charge is 0.420 e. The Kier molecular flexibility index (Phi) is 3.27. The van der Waals surface area contributed by atoms with Crippen LogP contribution in [0.3, 0.4) is 0 Å². The van der Waals surface area contributed by atoms with Gasteiger partial charge in [-0.15, -0.1) is 11.3 Å². The van der Waals surface area contributed by atoms with E-state index in [4.69, 9.17) is 4.74 Å². The first kappa shape index (κ1) is 16.2. The summed E-state index contributed by atoms with van der Waals surface area (Å²) < 4.78 is 5.56. The van der Waals surface area contributed by atoms with Crippen molar-refractivity contribution in [1.82, 2.24) is 0 Å². The summed E-state index contributed by atoms with van der Waals surface area (Å²) in [4.78, 5) is 40.8. The molecule has 2 bridgehead atoms. The lowest BCUT2D eigenvalue weighted by Crippen LogP contribution is -2.40. The molecule has 0 spiro atoms. The summed E-state index contributed by atoms with van der Waals surface area (Å²) in [6, 6.07) is 10.3. The maximum absolute atomic E-state index is 13.3. The van der Waals surface area contributed by atoms with Crippen molar-refractivity contribution < 1.29 is 19.1 Å². The highest BCUT2D eigenvalue weighted by Crippen LogP contribution is 2.65. The van der Waals surface area contributed by atoms with Crippen molar-refractivity contribution in [2.75, 3.05) is 4.90 Å². The fraction of sp³-hybridized carbons (Fsp3) is 0.318. The van der Waals surface area contributed by atoms with Gasteiger partial charge in [0.15, 0.2) is 5.75 Å². The molecule has 2 heterocycles. The minimum Gasteiger partial charge on any atom is -0.420 e. The van der Waals surface area contributed by atoms with Gasteiger partial charge in [0.25, 0.3) is 0 Å². The molecule has 1 aromatic carbocycles. The van der Waals surface area contributed by atoms with E-state index in [9.17, 15) is 14.4 Å². The van der Waals surface area contributed by atoms with Gasteiger partial charge in [-0.05, 0) is 53.7 Å². The lowest BCUT2D eigenvalue weighted by Gasteiger charge is -2.37. The number of imide groups is 1. The van der Waals surface area contributed by atoms with Gasteiger partial charge in [0.1, 0.15) is 4.88 Å². The summed E-state index contributed by atoms with van der Waals surface area (Å²) in [5, 5.41) is 1.80. The number of thiophene rings is 1. The van der Waals surface area contributed by atoms with E-state index in [0.717, 1.165) is 6.42 Å². The number of nitrogens with zero attached hydrogens (tertiary/aromatic N) is 1. The van der Waals surface area contributed by atoms with Crippen LogP contribution in [0.4, 0.5) is 5.69 Å². The van der Waals surface area contributed by atoms with Gasteiger partial charge in [-0.1, -0.05) is 30.4 Å². The van der Waals surface area contributed by atoms with Gasteiger partial charge >= 0.3 is 5.97 Å². The van der Waals surface area contributed by atoms with E-state index >= 15 is 0 Å². The first-order valence-electron chi connectivity index (χ1n) is 9.56. The number of benzene rings is 1. The Morgan fingerprint density at radius 1 is 0.964 bits per heavy atom. The number of rotatable bonds is 3. The van der Waals surface area contributed by atoms with Crippen LogP contribution in [0.25, 0.3) is 0 Å². The van der Waals surface area contributed by atoms with Crippen LogP contribution < -0.4 is 9.64 Å². The maximum Gasteiger partial charge on any atom is 0.353 e. The minimum absolute atomic E-state index is 0.153. The van der Waals surface area contributed by atoms with E-state index in [1.165, 1.54) is 16.2 Å². The number of para-hydroxylation sites is 2. The Bertz CT molecular complexity index is 1010. The van der Waals surface area contributed by atoms with E-state index in [-0.39, 0.29) is 41.2 Å². The molecule has 0 radical (unpaired) electrons. The SMILES string of the molecule is O=C(Oc1ccccc1N1C(=O)[C@@H]2[C@H]3C=C[C@@H]([C@@H]4C[C@@H]34)[C@@H]2C1=O)c1cccs1. The Balaban J connectivity index is 1.36. The third kappa shape index (κ3) is 2.09. The fourth-order valence-corrected chi connectivity index (χ4v) is 6.07. The van der Waals surface area contributed by atoms with Crippen LogP contribution in [0.15, 0.2) is 53.9 Å². The van der Waals surface area contributed by atoms with E-state index in [0.29, 0.717) is 22.4 Å². The predicted molar refractivity (Wildman–Crippen MR) is 103 cm³/mol. The molecule has 2 aromatic rings. The first-order chi connectivity index (χ1) is 13.6. The number of carbonyl (C=O) groups is 3. The molecule has 0 unspecified atom stereocenters. The molecular formula is C22H17NO4S. The van der Waals surface area contributed by atoms with Crippen LogP contribution in [-0.2, 0) is 9.59 Å². The molecule has 1 aliphatic heterocycles. The van der Waals surface area contributed by atoms with Gasteiger partial charge < -0.3 is 4.74 Å². The highest BCUT2D eigenvalue weighted by molar-refractivity contribution is 7.12. The molecule has 2 saturated carbocycles. The zero-order valence-electron chi connectivity index (χ0n) is 14.9. The molecule has 5 aliphatic rings. The summed E-state index contributed by atoms with van der Waals surface area (Å²) in [6.45, 7) is 0. The zero-order chi connectivity index (χ0) is 19.0. The average Bonchev–Trinajstić information content (AvgIpc) is 3.27. The summed E-state index contributed by atoms with van der Waals surface area (Å²) in [7, 11) is 0. The molecular weight excluding hydrogens is 374 g/mol. The normalized spacial score (nSPS) is 34.4. The van der Waals surface area contributed by atoms with Crippen molar-refractivity contribution in [3.63, 3.8) is 0 Å². The number of allylic oxidation sites excluding steroid dienone is 2. The lowest BCUT2D eigenvalue weighted by atomic mass is 9.63. The summed E-state index contributed by atoms with van der Waals surface area (Å²) in [6.07, 6.45) is 5.43. The lowest BCUT2D eigenvalue weighted by molar-refractivity contribution is -0.124. The molecule has 1 aromatic heterocycles. The Morgan fingerprint density at radius 3 is 2.29 bits per heavy atom. The molecule has 3 fully saturated rings. The number of amides is 2. The van der Waals surface area contributed by atoms with Crippen LogP contribution in [-0.4, -0.2) is 17.8 Å². The first-order valence-corrected chi connectivity index (χ1v) is 10.4. The Morgan fingerprint density at radius 2 is 1.64 bits per heavy atom. The van der Waals surface area contributed by atoms with E-state index in [2.05, 4.69) is 12.2 Å². The second-order valence-electron chi connectivity index (χ2n) is 8.00. The van der Waals surface area contributed by atoms with Crippen molar-refractivity contribution in [3.05, 3.63) is 58.8 Å². The van der Waals surface area contributed by atoms with Crippen LogP contribution in [0.2, 0.25) is 0 Å². The van der Waals surface area contributed by atoms with Crippen LogP contribution >= 0.6 is 11.3 Å². The van der Waals surface area contributed by atoms with Gasteiger partial charge in [0.05, 0.1) is 17.5 Å². The van der Waals surface area contributed by atoms with Crippen molar-refractivity contribution in [1.29, 1.82) is 0 Å². The highest BCUT2D eigenvalue weighted by atomic mass is 32.1. The predicted octanol–water partition coefficient (Wildman–Crippen LogP) is 3.52. The molecule has 6 atom stereocenters. The Labute approximate surface area is 165 Å². The number of anilines is 1. The molecule has 1 saturated heterocycles. The van der Waals surface area contributed by atoms with Gasteiger partial charge in [-0.2, -0.15) is 0 Å². The zero-order valence-corrected chi connectivity index (χ0v) is 15.7. The van der Waals surface area contributed by atoms with Gasteiger partial charge in [0.2, 0.25) is 11.8 Å². The molecule has 140 valence electrons. The Hall–Kier alpha value is -2.73. The van der Waals surface area contributed by atoms with Crippen molar-refractivity contribution in [3.8, 4) is 5.75 Å². The molecule has 5 nitrogen and oxygen atoms in total. The molecule has 2 amide bonds. The van der Waals surface area contributed by atoms with Crippen molar-refractivity contribution in [2.24, 2.45) is 35.5 Å². The van der Waals surface area contributed by atoms with Crippen LogP contribution in [0.1, 0.15) is 16.1 Å². The third-order valence-corrected chi connectivity index (χ3v) is 7.54. The minimum atomic E-state index is -0.484. The average molecular weight is 391 g/mol. The smallest absolute Gasteiger partial charge is 0.353 e. The molecule has 0 N–H and O–H groups in total. The molecule has 6 heteroatoms. The summed E-state index contributed by atoms with van der Waals surface area (Å²) in [5.41, 5.74) is 0.366. The quantitative estimate of drug-likeness (QED) is 0.348. The maximum atomic E-state index is 13.3. The third-order valence-electron chi connectivity index (χ3n) is 6.69. The summed E-state index contributed by atoms with van der Waals surface area (Å²) in [5.74, 6) is 0.358. The second-order valence-corrected chi connectivity index (χ2v) is 8.95. The van der Waals surface area contributed by atoms with Crippen LogP contribution in [0.5, 0.6) is 5.75 Å². The monoisotopic (exact) mass is 391 g/mol. The van der Waals surface area contributed by atoms with E-state index < -0.39 is 5.97 Å². The van der Waals surface area contributed by atoms with Crippen molar-refractivity contribution in [2.45, 2.75) is 6.42 Å². The van der Waals surface area contributed by atoms with Gasteiger partial charge in [-0.25, -0.2) is 9.69 Å². The number of ether oxygens (including phenoxy) is 1. The topological polar surface area (TPSA) is 63.7 Å². The van der Waals surface area contributed by atoms with E-state index in [1.807, 2.05) is 0 Å². The van der Waals surface area contributed by atoms with E-state index in [1.54, 1.807) is 41.8 Å². The van der Waals surface area contributed by atoms with Gasteiger partial charge in [0, 0.05) is 0 Å². The number of esters is 1. The number of carbonyl (C=O) groups excluding carboxylic acids is 3. The van der Waals surface area contributed by atoms with Crippen LogP contribution in [0, 0.1) is 35.5 Å². The molecule has 28 heavy (non-hydrogen) atoms. The summed E-state index contributed by atoms with van der Waals surface area (Å²) >= 11 is 1.29. The second kappa shape index (κ2) is 5.64.